The highest BCUT2D eigenvalue weighted by molar-refractivity contribution is 7.92. The first kappa shape index (κ1) is 25.1. The summed E-state index contributed by atoms with van der Waals surface area (Å²) in [6.07, 6.45) is 1.47. The first-order valence-corrected chi connectivity index (χ1v) is 12.8. The molecule has 0 aliphatic rings. The predicted octanol–water partition coefficient (Wildman–Crippen LogP) is 3.07. The Bertz CT molecular complexity index is 1300. The Morgan fingerprint density at radius 1 is 1.09 bits per heavy atom. The molecule has 10 heteroatoms. The number of para-hydroxylation sites is 1. The van der Waals surface area contributed by atoms with E-state index in [1.165, 1.54) is 8.99 Å². The fraction of sp³-hybridized carbons (Fsp3) is 0.333. The lowest BCUT2D eigenvalue weighted by Gasteiger charge is -2.22. The molecule has 0 bridgehead atoms. The maximum atomic E-state index is 12.9. The van der Waals surface area contributed by atoms with E-state index < -0.39 is 10.0 Å². The van der Waals surface area contributed by atoms with Gasteiger partial charge < -0.3 is 10.1 Å². The minimum Gasteiger partial charge on any atom is -0.494 e. The SMILES string of the molecule is CCOc1ccc(N(CCCC(=O)Nc2c(C)n(C)n(-c3ccccc3)c2=O)S(C)(=O)=O)cc1. The van der Waals surface area contributed by atoms with Crippen LogP contribution < -0.4 is 19.9 Å². The van der Waals surface area contributed by atoms with E-state index in [-0.39, 0.29) is 36.5 Å². The molecule has 0 aliphatic heterocycles. The van der Waals surface area contributed by atoms with Crippen LogP contribution in [0.3, 0.4) is 0 Å². The van der Waals surface area contributed by atoms with Gasteiger partial charge in [-0.3, -0.25) is 18.6 Å². The van der Waals surface area contributed by atoms with Crippen LogP contribution in [0.2, 0.25) is 0 Å². The van der Waals surface area contributed by atoms with Crippen molar-refractivity contribution in [2.24, 2.45) is 7.05 Å². The fourth-order valence-corrected chi connectivity index (χ4v) is 4.62. The zero-order valence-electron chi connectivity index (χ0n) is 19.8. The zero-order chi connectivity index (χ0) is 24.9. The number of rotatable bonds is 10. The molecule has 182 valence electrons. The molecule has 1 heterocycles. The molecule has 34 heavy (non-hydrogen) atoms. The molecule has 3 rings (SSSR count). The highest BCUT2D eigenvalue weighted by atomic mass is 32.2. The van der Waals surface area contributed by atoms with E-state index in [1.807, 2.05) is 37.3 Å². The number of hydrogen-bond acceptors (Lipinski definition) is 5. The van der Waals surface area contributed by atoms with E-state index in [0.29, 0.717) is 29.4 Å². The van der Waals surface area contributed by atoms with Crippen LogP contribution in [-0.2, 0) is 21.9 Å². The molecular weight excluding hydrogens is 456 g/mol. The van der Waals surface area contributed by atoms with Crippen molar-refractivity contribution in [3.63, 3.8) is 0 Å². The largest absolute Gasteiger partial charge is 0.494 e. The number of anilines is 2. The van der Waals surface area contributed by atoms with Crippen LogP contribution in [-0.4, -0.2) is 43.1 Å². The van der Waals surface area contributed by atoms with Gasteiger partial charge in [-0.05, 0) is 56.7 Å². The molecule has 0 spiro atoms. The highest BCUT2D eigenvalue weighted by Crippen LogP contribution is 2.22. The number of nitrogens with zero attached hydrogens (tertiary/aromatic N) is 3. The number of hydrogen-bond donors (Lipinski definition) is 1. The Morgan fingerprint density at radius 3 is 2.32 bits per heavy atom. The monoisotopic (exact) mass is 486 g/mol. The minimum atomic E-state index is -3.54. The standard InChI is InChI=1S/C24H30N4O5S/c1-5-33-21-15-13-19(14-16-21)27(34(4,31)32)17-9-12-22(29)25-23-18(2)26(3)28(24(23)30)20-10-7-6-8-11-20/h6-8,10-11,13-16H,5,9,12,17H2,1-4H3,(H,25,29). The van der Waals surface area contributed by atoms with Gasteiger partial charge in [0, 0.05) is 20.0 Å². The molecule has 0 saturated carbocycles. The third-order valence-corrected chi connectivity index (χ3v) is 6.61. The van der Waals surface area contributed by atoms with Crippen molar-refractivity contribution in [1.82, 2.24) is 9.36 Å². The quantitative estimate of drug-likeness (QED) is 0.475. The molecule has 0 unspecified atom stereocenters. The molecule has 0 aliphatic carbocycles. The molecule has 0 radical (unpaired) electrons. The summed E-state index contributed by atoms with van der Waals surface area (Å²) in [5, 5.41) is 2.71. The Morgan fingerprint density at radius 2 is 1.74 bits per heavy atom. The normalized spacial score (nSPS) is 11.3. The van der Waals surface area contributed by atoms with Gasteiger partial charge in [-0.2, -0.15) is 0 Å². The number of carbonyl (C=O) groups is 1. The van der Waals surface area contributed by atoms with Crippen molar-refractivity contribution < 1.29 is 17.9 Å². The number of sulfonamides is 1. The summed E-state index contributed by atoms with van der Waals surface area (Å²) in [5.74, 6) is 0.296. The molecular formula is C24H30N4O5S. The topological polar surface area (TPSA) is 103 Å². The Kier molecular flexibility index (Phi) is 7.83. The third kappa shape index (κ3) is 5.69. The lowest BCUT2D eigenvalue weighted by atomic mass is 10.2. The number of nitrogens with one attached hydrogen (secondary N) is 1. The molecule has 0 saturated heterocycles. The van der Waals surface area contributed by atoms with Crippen molar-refractivity contribution in [1.29, 1.82) is 0 Å². The molecule has 0 fully saturated rings. The van der Waals surface area contributed by atoms with Crippen LogP contribution in [0.4, 0.5) is 11.4 Å². The smallest absolute Gasteiger partial charge is 0.295 e. The summed E-state index contributed by atoms with van der Waals surface area (Å²) < 4.78 is 34.5. The van der Waals surface area contributed by atoms with Crippen molar-refractivity contribution >= 4 is 27.3 Å². The lowest BCUT2D eigenvalue weighted by molar-refractivity contribution is -0.116. The number of amides is 1. The van der Waals surface area contributed by atoms with Crippen LogP contribution in [0.1, 0.15) is 25.5 Å². The first-order chi connectivity index (χ1) is 16.1. The van der Waals surface area contributed by atoms with Crippen LogP contribution >= 0.6 is 0 Å². The van der Waals surface area contributed by atoms with Crippen molar-refractivity contribution in [2.75, 3.05) is 29.0 Å². The third-order valence-electron chi connectivity index (χ3n) is 5.42. The van der Waals surface area contributed by atoms with E-state index >= 15 is 0 Å². The molecule has 2 aromatic carbocycles. The second-order valence-electron chi connectivity index (χ2n) is 7.85. The summed E-state index contributed by atoms with van der Waals surface area (Å²) in [4.78, 5) is 25.6. The second-order valence-corrected chi connectivity index (χ2v) is 9.76. The van der Waals surface area contributed by atoms with Crippen LogP contribution in [0.25, 0.3) is 5.69 Å². The van der Waals surface area contributed by atoms with Gasteiger partial charge in [0.05, 0.1) is 29.9 Å². The average molecular weight is 487 g/mol. The number of benzene rings is 2. The van der Waals surface area contributed by atoms with Crippen LogP contribution in [0, 0.1) is 6.92 Å². The summed E-state index contributed by atoms with van der Waals surface area (Å²) >= 11 is 0. The van der Waals surface area contributed by atoms with Crippen LogP contribution in [0.5, 0.6) is 5.75 Å². The summed E-state index contributed by atoms with van der Waals surface area (Å²) in [5.41, 5.74) is 1.69. The minimum absolute atomic E-state index is 0.0577. The van der Waals surface area contributed by atoms with E-state index in [9.17, 15) is 18.0 Å². The zero-order valence-corrected chi connectivity index (χ0v) is 20.6. The van der Waals surface area contributed by atoms with Gasteiger partial charge in [0.15, 0.2) is 0 Å². The predicted molar refractivity (Wildman–Crippen MR) is 133 cm³/mol. The highest BCUT2D eigenvalue weighted by Gasteiger charge is 2.20. The van der Waals surface area contributed by atoms with Gasteiger partial charge in [-0.25, -0.2) is 13.1 Å². The second kappa shape index (κ2) is 10.6. The summed E-state index contributed by atoms with van der Waals surface area (Å²) in [6.45, 7) is 4.27. The molecule has 0 atom stereocenters. The Balaban J connectivity index is 1.68. The number of aromatic nitrogens is 2. The average Bonchev–Trinajstić information content (AvgIpc) is 3.00. The van der Waals surface area contributed by atoms with E-state index in [4.69, 9.17) is 4.74 Å². The molecule has 3 aromatic rings. The molecule has 9 nitrogen and oxygen atoms in total. The van der Waals surface area contributed by atoms with Crippen molar-refractivity contribution in [2.45, 2.75) is 26.7 Å². The molecule has 1 N–H and O–H groups in total. The maximum Gasteiger partial charge on any atom is 0.295 e. The van der Waals surface area contributed by atoms with Crippen molar-refractivity contribution in [3.8, 4) is 11.4 Å². The van der Waals surface area contributed by atoms with E-state index in [2.05, 4.69) is 5.32 Å². The number of ether oxygens (including phenoxy) is 1. The number of carbonyl (C=O) groups excluding carboxylic acids is 1. The van der Waals surface area contributed by atoms with Gasteiger partial charge in [0.25, 0.3) is 5.56 Å². The Hall–Kier alpha value is -3.53. The van der Waals surface area contributed by atoms with Crippen molar-refractivity contribution in [3.05, 3.63) is 70.6 Å². The summed E-state index contributed by atoms with van der Waals surface area (Å²) in [6, 6.07) is 15.9. The Labute approximate surface area is 199 Å². The van der Waals surface area contributed by atoms with Gasteiger partial charge in [0.2, 0.25) is 15.9 Å². The molecule has 1 amide bonds. The van der Waals surface area contributed by atoms with E-state index in [0.717, 1.165) is 6.26 Å². The van der Waals surface area contributed by atoms with Crippen LogP contribution in [0.15, 0.2) is 59.4 Å². The van der Waals surface area contributed by atoms with E-state index in [1.54, 1.807) is 42.9 Å². The maximum absolute atomic E-state index is 12.9. The lowest BCUT2D eigenvalue weighted by Crippen LogP contribution is -2.31. The summed E-state index contributed by atoms with van der Waals surface area (Å²) in [7, 11) is -1.79. The van der Waals surface area contributed by atoms with Gasteiger partial charge >= 0.3 is 0 Å². The molecule has 1 aromatic heterocycles. The van der Waals surface area contributed by atoms with Gasteiger partial charge in [0.1, 0.15) is 11.4 Å². The van der Waals surface area contributed by atoms with Gasteiger partial charge in [-0.1, -0.05) is 18.2 Å². The first-order valence-electron chi connectivity index (χ1n) is 11.0. The fourth-order valence-electron chi connectivity index (χ4n) is 3.66. The van der Waals surface area contributed by atoms with Gasteiger partial charge in [-0.15, -0.1) is 0 Å².